The van der Waals surface area contributed by atoms with E-state index in [1.54, 1.807) is 19.4 Å². The Hall–Kier alpha value is -1.66. The first-order valence-electron chi connectivity index (χ1n) is 6.72. The third kappa shape index (κ3) is 3.68. The summed E-state index contributed by atoms with van der Waals surface area (Å²) < 4.78 is 4.87. The largest absolute Gasteiger partial charge is 0.388 e. The average Bonchev–Trinajstić information content (AvgIpc) is 2.79. The number of nitrogens with zero attached hydrogens (tertiary/aromatic N) is 2. The second kappa shape index (κ2) is 6.19. The molecule has 2 heterocycles. The van der Waals surface area contributed by atoms with E-state index in [0.29, 0.717) is 25.3 Å². The Morgan fingerprint density at radius 2 is 2.40 bits per heavy atom. The highest BCUT2D eigenvalue weighted by molar-refractivity contribution is 5.94. The normalized spacial score (nSPS) is 22.1. The predicted molar refractivity (Wildman–Crippen MR) is 75.9 cm³/mol. The van der Waals surface area contributed by atoms with Gasteiger partial charge in [0.25, 0.3) is 5.91 Å². The van der Waals surface area contributed by atoms with Gasteiger partial charge in [0.1, 0.15) is 5.82 Å². The molecule has 2 N–H and O–H groups in total. The maximum Gasteiger partial charge on any atom is 0.252 e. The second-order valence-electron chi connectivity index (χ2n) is 5.32. The zero-order valence-corrected chi connectivity index (χ0v) is 11.9. The number of aliphatic hydroxyl groups is 1. The number of carbonyl (C=O) groups excluding carboxylic acids is 1. The number of anilines is 1. The Morgan fingerprint density at radius 1 is 1.60 bits per heavy atom. The average molecular weight is 279 g/mol. The third-order valence-electron chi connectivity index (χ3n) is 3.38. The predicted octanol–water partition coefficient (Wildman–Crippen LogP) is 0.419. The molecule has 0 radical (unpaired) electrons. The van der Waals surface area contributed by atoms with Gasteiger partial charge in [-0.25, -0.2) is 4.98 Å². The molecule has 2 rings (SSSR count). The van der Waals surface area contributed by atoms with Gasteiger partial charge in [-0.3, -0.25) is 4.79 Å². The number of hydrogen-bond acceptors (Lipinski definition) is 5. The number of carbonyl (C=O) groups is 1. The van der Waals surface area contributed by atoms with Gasteiger partial charge in [0.2, 0.25) is 0 Å². The van der Waals surface area contributed by atoms with Crippen molar-refractivity contribution in [1.29, 1.82) is 0 Å². The summed E-state index contributed by atoms with van der Waals surface area (Å²) in [6.07, 6.45) is 2.29. The van der Waals surface area contributed by atoms with Gasteiger partial charge in [-0.15, -0.1) is 0 Å². The minimum atomic E-state index is -0.655. The van der Waals surface area contributed by atoms with Crippen molar-refractivity contribution in [2.45, 2.75) is 18.9 Å². The molecule has 20 heavy (non-hydrogen) atoms. The van der Waals surface area contributed by atoms with Crippen LogP contribution in [0.4, 0.5) is 5.82 Å². The molecule has 6 heteroatoms. The maximum absolute atomic E-state index is 11.8. The van der Waals surface area contributed by atoms with Gasteiger partial charge in [-0.05, 0) is 25.5 Å². The van der Waals surface area contributed by atoms with Crippen LogP contribution < -0.4 is 10.2 Å². The summed E-state index contributed by atoms with van der Waals surface area (Å²) in [7, 11) is 1.59. The smallest absolute Gasteiger partial charge is 0.252 e. The third-order valence-corrected chi connectivity index (χ3v) is 3.38. The van der Waals surface area contributed by atoms with E-state index in [-0.39, 0.29) is 5.91 Å². The zero-order chi connectivity index (χ0) is 14.6. The topological polar surface area (TPSA) is 74.7 Å². The molecular formula is C14H21N3O3. The first kappa shape index (κ1) is 14.7. The number of β-amino-alcohol motifs (C(OH)–C–C–N with tert-alkyl or cyclic N) is 1. The summed E-state index contributed by atoms with van der Waals surface area (Å²) in [5.74, 6) is 0.630. The van der Waals surface area contributed by atoms with E-state index in [0.717, 1.165) is 18.8 Å². The van der Waals surface area contributed by atoms with Crippen LogP contribution in [0, 0.1) is 0 Å². The van der Waals surface area contributed by atoms with E-state index in [1.165, 1.54) is 0 Å². The number of methoxy groups -OCH3 is 1. The van der Waals surface area contributed by atoms with Gasteiger partial charge in [0, 0.05) is 32.9 Å². The van der Waals surface area contributed by atoms with E-state index < -0.39 is 5.60 Å². The van der Waals surface area contributed by atoms with Crippen LogP contribution >= 0.6 is 0 Å². The summed E-state index contributed by atoms with van der Waals surface area (Å²) in [6, 6.07) is 3.56. The number of amides is 1. The van der Waals surface area contributed by atoms with Crippen LogP contribution in [-0.2, 0) is 4.74 Å². The van der Waals surface area contributed by atoms with E-state index in [1.807, 2.05) is 17.9 Å². The molecule has 1 aromatic heterocycles. The highest BCUT2D eigenvalue weighted by Crippen LogP contribution is 2.24. The maximum atomic E-state index is 11.8. The van der Waals surface area contributed by atoms with Crippen LogP contribution in [0.3, 0.4) is 0 Å². The molecule has 6 nitrogen and oxygen atoms in total. The number of hydrogen-bond donors (Lipinski definition) is 2. The van der Waals surface area contributed by atoms with Crippen molar-refractivity contribution < 1.29 is 14.6 Å². The molecule has 0 bridgehead atoms. The molecule has 1 amide bonds. The Labute approximate surface area is 118 Å². The molecule has 1 aromatic rings. The molecule has 110 valence electrons. The highest BCUT2D eigenvalue weighted by Gasteiger charge is 2.31. The Morgan fingerprint density at radius 3 is 2.95 bits per heavy atom. The van der Waals surface area contributed by atoms with Gasteiger partial charge >= 0.3 is 0 Å². The van der Waals surface area contributed by atoms with Crippen molar-refractivity contribution in [2.24, 2.45) is 0 Å². The lowest BCUT2D eigenvalue weighted by Crippen LogP contribution is -2.30. The van der Waals surface area contributed by atoms with E-state index in [9.17, 15) is 9.90 Å². The second-order valence-corrected chi connectivity index (χ2v) is 5.32. The SMILES string of the molecule is COCCNC(=O)c1ccc(N2CCC(C)(O)C2)nc1. The van der Waals surface area contributed by atoms with Crippen molar-refractivity contribution in [3.8, 4) is 0 Å². The fourth-order valence-corrected chi connectivity index (χ4v) is 2.22. The molecule has 0 aliphatic carbocycles. The van der Waals surface area contributed by atoms with Crippen LogP contribution in [0.2, 0.25) is 0 Å². The van der Waals surface area contributed by atoms with Crippen molar-refractivity contribution in [3.05, 3.63) is 23.9 Å². The van der Waals surface area contributed by atoms with Crippen molar-refractivity contribution in [3.63, 3.8) is 0 Å². The zero-order valence-electron chi connectivity index (χ0n) is 11.9. The van der Waals surface area contributed by atoms with Gasteiger partial charge in [-0.2, -0.15) is 0 Å². The van der Waals surface area contributed by atoms with Crippen molar-refractivity contribution in [2.75, 3.05) is 38.3 Å². The van der Waals surface area contributed by atoms with Crippen LogP contribution in [0.1, 0.15) is 23.7 Å². The molecule has 0 aromatic carbocycles. The Bertz CT molecular complexity index is 459. The van der Waals surface area contributed by atoms with Gasteiger partial charge in [0.05, 0.1) is 17.8 Å². The molecule has 1 saturated heterocycles. The summed E-state index contributed by atoms with van der Waals surface area (Å²) in [5.41, 5.74) is -0.131. The molecule has 0 spiro atoms. The van der Waals surface area contributed by atoms with E-state index in [4.69, 9.17) is 4.74 Å². The Kier molecular flexibility index (Phi) is 4.57. The summed E-state index contributed by atoms with van der Waals surface area (Å²) in [4.78, 5) is 18.1. The summed E-state index contributed by atoms with van der Waals surface area (Å²) >= 11 is 0. The minimum absolute atomic E-state index is 0.158. The molecule has 1 atom stereocenters. The summed E-state index contributed by atoms with van der Waals surface area (Å²) in [5, 5.41) is 12.7. The molecule has 0 saturated carbocycles. The lowest BCUT2D eigenvalue weighted by molar-refractivity contribution is 0.0838. The van der Waals surface area contributed by atoms with Crippen LogP contribution in [0.5, 0.6) is 0 Å². The number of nitrogens with one attached hydrogen (secondary N) is 1. The van der Waals surface area contributed by atoms with Gasteiger partial charge in [-0.1, -0.05) is 0 Å². The Balaban J connectivity index is 1.95. The van der Waals surface area contributed by atoms with Crippen LogP contribution in [0.15, 0.2) is 18.3 Å². The fourth-order valence-electron chi connectivity index (χ4n) is 2.22. The number of rotatable bonds is 5. The highest BCUT2D eigenvalue weighted by atomic mass is 16.5. The van der Waals surface area contributed by atoms with E-state index in [2.05, 4.69) is 10.3 Å². The standard InChI is InChI=1S/C14H21N3O3/c1-14(19)5-7-17(10-14)12-4-3-11(9-16-12)13(18)15-6-8-20-2/h3-4,9,19H,5-8,10H2,1-2H3,(H,15,18). The molecule has 1 fully saturated rings. The van der Waals surface area contributed by atoms with Crippen LogP contribution in [-0.4, -0.2) is 54.9 Å². The lowest BCUT2D eigenvalue weighted by Gasteiger charge is -2.19. The molecule has 1 aliphatic heterocycles. The first-order valence-corrected chi connectivity index (χ1v) is 6.72. The first-order chi connectivity index (χ1) is 9.52. The quantitative estimate of drug-likeness (QED) is 0.764. The van der Waals surface area contributed by atoms with Crippen LogP contribution in [0.25, 0.3) is 0 Å². The molecular weight excluding hydrogens is 258 g/mol. The minimum Gasteiger partial charge on any atom is -0.388 e. The molecule has 1 unspecified atom stereocenters. The number of aromatic nitrogens is 1. The monoisotopic (exact) mass is 279 g/mol. The number of pyridine rings is 1. The lowest BCUT2D eigenvalue weighted by atomic mass is 10.1. The molecule has 1 aliphatic rings. The van der Waals surface area contributed by atoms with E-state index >= 15 is 0 Å². The van der Waals surface area contributed by atoms with Crippen molar-refractivity contribution in [1.82, 2.24) is 10.3 Å². The van der Waals surface area contributed by atoms with Gasteiger partial charge in [0.15, 0.2) is 0 Å². The van der Waals surface area contributed by atoms with Gasteiger partial charge < -0.3 is 20.1 Å². The summed E-state index contributed by atoms with van der Waals surface area (Å²) in [6.45, 7) is 4.13. The van der Waals surface area contributed by atoms with Crippen molar-refractivity contribution >= 4 is 11.7 Å². The fraction of sp³-hybridized carbons (Fsp3) is 0.571. The number of ether oxygens (including phenoxy) is 1.